The molecule has 0 unspecified atom stereocenters. The SMILES string of the molecule is CCCCCC(=O)Nc1ccc(NS(=O)(=O)c2ccc(C)cc2)cc1. The Kier molecular flexibility index (Phi) is 6.58. The van der Waals surface area contributed by atoms with Crippen molar-refractivity contribution in [3.8, 4) is 0 Å². The average Bonchev–Trinajstić information content (AvgIpc) is 2.57. The predicted octanol–water partition coefficient (Wildman–Crippen LogP) is 4.31. The van der Waals surface area contributed by atoms with Crippen molar-refractivity contribution in [3.63, 3.8) is 0 Å². The summed E-state index contributed by atoms with van der Waals surface area (Å²) < 4.78 is 27.2. The van der Waals surface area contributed by atoms with E-state index in [4.69, 9.17) is 0 Å². The fraction of sp³-hybridized carbons (Fsp3) is 0.316. The third-order valence-electron chi connectivity index (χ3n) is 3.76. The topological polar surface area (TPSA) is 75.3 Å². The molecule has 2 aromatic carbocycles. The molecule has 5 nitrogen and oxygen atoms in total. The lowest BCUT2D eigenvalue weighted by Crippen LogP contribution is -2.13. The molecular weight excluding hydrogens is 336 g/mol. The van der Waals surface area contributed by atoms with Gasteiger partial charge in [0.25, 0.3) is 10.0 Å². The molecule has 134 valence electrons. The molecule has 0 aliphatic carbocycles. The lowest BCUT2D eigenvalue weighted by atomic mass is 10.2. The van der Waals surface area contributed by atoms with E-state index in [-0.39, 0.29) is 10.8 Å². The predicted molar refractivity (Wildman–Crippen MR) is 101 cm³/mol. The number of aryl methyl sites for hydroxylation is 1. The van der Waals surface area contributed by atoms with Crippen LogP contribution in [-0.2, 0) is 14.8 Å². The first kappa shape index (κ1) is 19.0. The number of rotatable bonds is 8. The molecule has 0 spiro atoms. The summed E-state index contributed by atoms with van der Waals surface area (Å²) in [5.74, 6) is -0.0264. The van der Waals surface area contributed by atoms with Gasteiger partial charge in [-0.2, -0.15) is 0 Å². The number of carbonyl (C=O) groups is 1. The Morgan fingerprint density at radius 3 is 2.12 bits per heavy atom. The van der Waals surface area contributed by atoms with E-state index in [1.54, 1.807) is 48.5 Å². The highest BCUT2D eigenvalue weighted by Gasteiger charge is 2.13. The fourth-order valence-electron chi connectivity index (χ4n) is 2.31. The first-order valence-corrected chi connectivity index (χ1v) is 9.88. The van der Waals surface area contributed by atoms with Crippen molar-refractivity contribution in [1.82, 2.24) is 0 Å². The summed E-state index contributed by atoms with van der Waals surface area (Å²) in [6, 6.07) is 13.3. The van der Waals surface area contributed by atoms with Crippen LogP contribution >= 0.6 is 0 Å². The number of nitrogens with one attached hydrogen (secondary N) is 2. The van der Waals surface area contributed by atoms with Gasteiger partial charge in [0, 0.05) is 17.8 Å². The number of hydrogen-bond donors (Lipinski definition) is 2. The zero-order chi connectivity index (χ0) is 18.3. The van der Waals surface area contributed by atoms with Gasteiger partial charge in [-0.3, -0.25) is 9.52 Å². The van der Waals surface area contributed by atoms with Crippen LogP contribution in [0.5, 0.6) is 0 Å². The molecule has 0 radical (unpaired) electrons. The van der Waals surface area contributed by atoms with Crippen LogP contribution in [0.4, 0.5) is 11.4 Å². The largest absolute Gasteiger partial charge is 0.326 e. The minimum Gasteiger partial charge on any atom is -0.326 e. The molecule has 0 fully saturated rings. The quantitative estimate of drug-likeness (QED) is 0.689. The van der Waals surface area contributed by atoms with Crippen molar-refractivity contribution in [1.29, 1.82) is 0 Å². The molecule has 25 heavy (non-hydrogen) atoms. The van der Waals surface area contributed by atoms with Gasteiger partial charge in [0.2, 0.25) is 5.91 Å². The fourth-order valence-corrected chi connectivity index (χ4v) is 3.37. The zero-order valence-corrected chi connectivity index (χ0v) is 15.4. The highest BCUT2D eigenvalue weighted by molar-refractivity contribution is 7.92. The van der Waals surface area contributed by atoms with E-state index in [1.165, 1.54) is 0 Å². The molecule has 0 aliphatic heterocycles. The van der Waals surface area contributed by atoms with Gasteiger partial charge in [0.1, 0.15) is 0 Å². The van der Waals surface area contributed by atoms with E-state index >= 15 is 0 Å². The van der Waals surface area contributed by atoms with Crippen molar-refractivity contribution in [2.75, 3.05) is 10.0 Å². The lowest BCUT2D eigenvalue weighted by Gasteiger charge is -2.10. The normalized spacial score (nSPS) is 11.1. The number of sulfonamides is 1. The van der Waals surface area contributed by atoms with Crippen molar-refractivity contribution in [2.45, 2.75) is 44.4 Å². The third kappa shape index (κ3) is 5.90. The van der Waals surface area contributed by atoms with E-state index in [0.29, 0.717) is 17.8 Å². The van der Waals surface area contributed by atoms with E-state index in [0.717, 1.165) is 24.8 Å². The maximum absolute atomic E-state index is 12.3. The number of unbranched alkanes of at least 4 members (excludes halogenated alkanes) is 2. The van der Waals surface area contributed by atoms with Gasteiger partial charge in [0.05, 0.1) is 4.90 Å². The van der Waals surface area contributed by atoms with Gasteiger partial charge >= 0.3 is 0 Å². The van der Waals surface area contributed by atoms with Crippen LogP contribution in [-0.4, -0.2) is 14.3 Å². The molecule has 0 heterocycles. The Morgan fingerprint density at radius 2 is 1.52 bits per heavy atom. The van der Waals surface area contributed by atoms with Crippen LogP contribution in [0.15, 0.2) is 53.4 Å². The van der Waals surface area contributed by atoms with Crippen molar-refractivity contribution in [2.24, 2.45) is 0 Å². The van der Waals surface area contributed by atoms with Crippen molar-refractivity contribution >= 4 is 27.3 Å². The van der Waals surface area contributed by atoms with Crippen LogP contribution in [0, 0.1) is 6.92 Å². The highest BCUT2D eigenvalue weighted by Crippen LogP contribution is 2.19. The van der Waals surface area contributed by atoms with Crippen LogP contribution in [0.25, 0.3) is 0 Å². The molecule has 0 aliphatic rings. The standard InChI is InChI=1S/C19H24N2O3S/c1-3-4-5-6-19(22)20-16-9-11-17(12-10-16)21-25(23,24)18-13-7-15(2)8-14-18/h7-14,21H,3-6H2,1-2H3,(H,20,22). The van der Waals surface area contributed by atoms with Gasteiger partial charge in [-0.15, -0.1) is 0 Å². The van der Waals surface area contributed by atoms with Crippen molar-refractivity contribution < 1.29 is 13.2 Å². The molecular formula is C19H24N2O3S. The first-order chi connectivity index (χ1) is 11.9. The van der Waals surface area contributed by atoms with Crippen molar-refractivity contribution in [3.05, 3.63) is 54.1 Å². The second kappa shape index (κ2) is 8.67. The summed E-state index contributed by atoms with van der Waals surface area (Å²) in [4.78, 5) is 12.0. The Balaban J connectivity index is 1.97. The minimum absolute atomic E-state index is 0.0264. The molecule has 2 N–H and O–H groups in total. The van der Waals surface area contributed by atoms with E-state index in [1.807, 2.05) is 6.92 Å². The Hall–Kier alpha value is -2.34. The van der Waals surface area contributed by atoms with Crippen LogP contribution < -0.4 is 10.0 Å². The number of amides is 1. The Morgan fingerprint density at radius 1 is 0.920 bits per heavy atom. The number of hydrogen-bond acceptors (Lipinski definition) is 3. The molecule has 6 heteroatoms. The highest BCUT2D eigenvalue weighted by atomic mass is 32.2. The van der Waals surface area contributed by atoms with Gasteiger partial charge in [0.15, 0.2) is 0 Å². The van der Waals surface area contributed by atoms with Crippen LogP contribution in [0.3, 0.4) is 0 Å². The molecule has 0 saturated carbocycles. The Bertz CT molecular complexity index is 798. The average molecular weight is 360 g/mol. The lowest BCUT2D eigenvalue weighted by molar-refractivity contribution is -0.116. The van der Waals surface area contributed by atoms with Gasteiger partial charge < -0.3 is 5.32 Å². The summed E-state index contributed by atoms with van der Waals surface area (Å²) in [7, 11) is -3.62. The van der Waals surface area contributed by atoms with E-state index < -0.39 is 10.0 Å². The van der Waals surface area contributed by atoms with E-state index in [2.05, 4.69) is 17.0 Å². The smallest absolute Gasteiger partial charge is 0.261 e. The van der Waals surface area contributed by atoms with Gasteiger partial charge in [-0.05, 0) is 49.7 Å². The van der Waals surface area contributed by atoms with Gasteiger partial charge in [-0.1, -0.05) is 37.5 Å². The summed E-state index contributed by atoms with van der Waals surface area (Å²) >= 11 is 0. The van der Waals surface area contributed by atoms with E-state index in [9.17, 15) is 13.2 Å². The number of benzene rings is 2. The minimum atomic E-state index is -3.62. The maximum Gasteiger partial charge on any atom is 0.261 e. The zero-order valence-electron chi connectivity index (χ0n) is 14.6. The monoisotopic (exact) mass is 360 g/mol. The number of anilines is 2. The Labute approximate surface area is 149 Å². The first-order valence-electron chi connectivity index (χ1n) is 8.40. The maximum atomic E-state index is 12.3. The summed E-state index contributed by atoms with van der Waals surface area (Å²) in [5, 5.41) is 2.81. The third-order valence-corrected chi connectivity index (χ3v) is 5.16. The molecule has 2 rings (SSSR count). The second-order valence-corrected chi connectivity index (χ2v) is 7.68. The summed E-state index contributed by atoms with van der Waals surface area (Å²) in [6.45, 7) is 3.99. The van der Waals surface area contributed by atoms with Gasteiger partial charge in [-0.25, -0.2) is 8.42 Å². The molecule has 0 bridgehead atoms. The molecule has 0 aromatic heterocycles. The number of carbonyl (C=O) groups excluding carboxylic acids is 1. The molecule has 2 aromatic rings. The molecule has 0 saturated heterocycles. The van der Waals surface area contributed by atoms with Crippen LogP contribution in [0.2, 0.25) is 0 Å². The molecule has 1 amide bonds. The molecule has 0 atom stereocenters. The summed E-state index contributed by atoms with van der Waals surface area (Å²) in [6.07, 6.45) is 3.47. The summed E-state index contributed by atoms with van der Waals surface area (Å²) in [5.41, 5.74) is 2.10. The second-order valence-electron chi connectivity index (χ2n) is 6.00. The van der Waals surface area contributed by atoms with Crippen LogP contribution in [0.1, 0.15) is 38.2 Å².